The highest BCUT2D eigenvalue weighted by Crippen LogP contribution is 2.30. The van der Waals surface area contributed by atoms with Crippen LogP contribution in [0.2, 0.25) is 0 Å². The van der Waals surface area contributed by atoms with Gasteiger partial charge in [-0.05, 0) is 24.7 Å². The minimum atomic E-state index is -0.172. The van der Waals surface area contributed by atoms with Gasteiger partial charge in [-0.25, -0.2) is 0 Å². The molecule has 0 aliphatic carbocycles. The molecule has 0 unspecified atom stereocenters. The third-order valence-electron chi connectivity index (χ3n) is 4.26. The Kier molecular flexibility index (Phi) is 5.20. The summed E-state index contributed by atoms with van der Waals surface area (Å²) in [6.45, 7) is 4.28. The van der Waals surface area contributed by atoms with Crippen LogP contribution in [0.1, 0.15) is 5.56 Å². The first kappa shape index (κ1) is 16.6. The number of piperazine rings is 1. The summed E-state index contributed by atoms with van der Waals surface area (Å²) in [5.41, 5.74) is 0.837. The van der Waals surface area contributed by atoms with E-state index >= 15 is 0 Å². The van der Waals surface area contributed by atoms with Crippen molar-refractivity contribution < 1.29 is 19.1 Å². The maximum Gasteiger partial charge on any atom is 0.242 e. The Morgan fingerprint density at radius 3 is 2.54 bits per heavy atom. The van der Waals surface area contributed by atoms with Crippen molar-refractivity contribution in [1.29, 1.82) is 0 Å². The molecule has 7 heteroatoms. The Labute approximate surface area is 141 Å². The molecule has 0 aromatic heterocycles. The van der Waals surface area contributed by atoms with E-state index in [0.29, 0.717) is 37.8 Å². The van der Waals surface area contributed by atoms with E-state index in [1.807, 2.05) is 25.2 Å². The second-order valence-corrected chi connectivity index (χ2v) is 6.12. The van der Waals surface area contributed by atoms with E-state index in [1.165, 1.54) is 0 Å². The number of hydrogen-bond acceptors (Lipinski definition) is 5. The number of benzene rings is 1. The third-order valence-corrected chi connectivity index (χ3v) is 4.26. The molecule has 2 aliphatic rings. The standard InChI is InChI=1S/C17H23N3O4/c1-19-4-6-20(7-5-19)17(22)12-18-16(21)11-13-2-3-14-15(10-13)24-9-8-23-14/h2-3,10H,4-9,11-12H2,1H3,(H,18,21). The molecule has 2 amide bonds. The maximum absolute atomic E-state index is 12.1. The van der Waals surface area contributed by atoms with Crippen molar-refractivity contribution in [2.45, 2.75) is 6.42 Å². The summed E-state index contributed by atoms with van der Waals surface area (Å²) in [6, 6.07) is 5.47. The van der Waals surface area contributed by atoms with Crippen LogP contribution < -0.4 is 14.8 Å². The van der Waals surface area contributed by atoms with Crippen molar-refractivity contribution in [2.24, 2.45) is 0 Å². The van der Waals surface area contributed by atoms with Crippen LogP contribution in [-0.2, 0) is 16.0 Å². The molecule has 3 rings (SSSR count). The van der Waals surface area contributed by atoms with Crippen molar-refractivity contribution in [3.8, 4) is 11.5 Å². The van der Waals surface area contributed by atoms with Crippen LogP contribution in [-0.4, -0.2) is 74.6 Å². The lowest BCUT2D eigenvalue weighted by Crippen LogP contribution is -2.50. The number of carbonyl (C=O) groups is 2. The van der Waals surface area contributed by atoms with Gasteiger partial charge >= 0.3 is 0 Å². The molecule has 0 bridgehead atoms. The molecular formula is C17H23N3O4. The molecule has 130 valence electrons. The lowest BCUT2D eigenvalue weighted by Gasteiger charge is -2.32. The molecule has 0 saturated carbocycles. The monoisotopic (exact) mass is 333 g/mol. The van der Waals surface area contributed by atoms with Gasteiger partial charge in [0.1, 0.15) is 13.2 Å². The number of nitrogens with zero attached hydrogens (tertiary/aromatic N) is 2. The van der Waals surface area contributed by atoms with Gasteiger partial charge in [0, 0.05) is 26.2 Å². The number of fused-ring (bicyclic) bond motifs is 1. The van der Waals surface area contributed by atoms with Crippen LogP contribution in [0, 0.1) is 0 Å². The second kappa shape index (κ2) is 7.53. The van der Waals surface area contributed by atoms with E-state index in [2.05, 4.69) is 10.2 Å². The zero-order valence-electron chi connectivity index (χ0n) is 13.9. The summed E-state index contributed by atoms with van der Waals surface area (Å²) in [5, 5.41) is 2.70. The molecule has 2 heterocycles. The molecule has 0 spiro atoms. The predicted octanol–water partition coefficient (Wildman–Crippen LogP) is -0.109. The van der Waals surface area contributed by atoms with Crippen LogP contribution in [0.3, 0.4) is 0 Å². The van der Waals surface area contributed by atoms with Crippen LogP contribution in [0.5, 0.6) is 11.5 Å². The molecule has 1 fully saturated rings. The summed E-state index contributed by atoms with van der Waals surface area (Å²) in [4.78, 5) is 28.1. The number of amides is 2. The predicted molar refractivity (Wildman–Crippen MR) is 88.2 cm³/mol. The Bertz CT molecular complexity index is 612. The van der Waals surface area contributed by atoms with E-state index in [9.17, 15) is 9.59 Å². The molecule has 1 aromatic rings. The highest BCUT2D eigenvalue weighted by molar-refractivity contribution is 5.85. The fourth-order valence-electron chi connectivity index (χ4n) is 2.79. The van der Waals surface area contributed by atoms with E-state index in [1.54, 1.807) is 4.90 Å². The highest BCUT2D eigenvalue weighted by Gasteiger charge is 2.19. The average Bonchev–Trinajstić information content (AvgIpc) is 2.60. The third kappa shape index (κ3) is 4.17. The van der Waals surface area contributed by atoms with Crippen molar-refractivity contribution in [3.05, 3.63) is 23.8 Å². The van der Waals surface area contributed by atoms with Gasteiger partial charge in [-0.2, -0.15) is 0 Å². The van der Waals surface area contributed by atoms with Crippen LogP contribution in [0.4, 0.5) is 0 Å². The minimum absolute atomic E-state index is 0.0291. The first-order chi connectivity index (χ1) is 11.6. The number of rotatable bonds is 4. The molecule has 7 nitrogen and oxygen atoms in total. The summed E-state index contributed by atoms with van der Waals surface area (Å²) < 4.78 is 11.0. The summed E-state index contributed by atoms with van der Waals surface area (Å²) in [7, 11) is 2.04. The van der Waals surface area contributed by atoms with Gasteiger partial charge in [-0.3, -0.25) is 9.59 Å². The van der Waals surface area contributed by atoms with Gasteiger partial charge in [-0.1, -0.05) is 6.07 Å². The first-order valence-electron chi connectivity index (χ1n) is 8.23. The van der Waals surface area contributed by atoms with Gasteiger partial charge in [0.15, 0.2) is 11.5 Å². The molecule has 0 radical (unpaired) electrons. The van der Waals surface area contributed by atoms with Crippen LogP contribution in [0.15, 0.2) is 18.2 Å². The molecular weight excluding hydrogens is 310 g/mol. The van der Waals surface area contributed by atoms with Gasteiger partial charge in [0.25, 0.3) is 0 Å². The summed E-state index contributed by atoms with van der Waals surface area (Å²) in [6.07, 6.45) is 0.215. The van der Waals surface area contributed by atoms with Crippen LogP contribution >= 0.6 is 0 Å². The largest absolute Gasteiger partial charge is 0.486 e. The first-order valence-corrected chi connectivity index (χ1v) is 8.23. The zero-order chi connectivity index (χ0) is 16.9. The van der Waals surface area contributed by atoms with Crippen molar-refractivity contribution in [1.82, 2.24) is 15.1 Å². The van der Waals surface area contributed by atoms with Gasteiger partial charge in [0.2, 0.25) is 11.8 Å². The van der Waals surface area contributed by atoms with Crippen LogP contribution in [0.25, 0.3) is 0 Å². The lowest BCUT2D eigenvalue weighted by molar-refractivity contribution is -0.134. The number of carbonyl (C=O) groups excluding carboxylic acids is 2. The Morgan fingerprint density at radius 1 is 1.08 bits per heavy atom. The summed E-state index contributed by atoms with van der Waals surface area (Å²) >= 11 is 0. The molecule has 1 saturated heterocycles. The lowest BCUT2D eigenvalue weighted by atomic mass is 10.1. The SMILES string of the molecule is CN1CCN(C(=O)CNC(=O)Cc2ccc3c(c2)OCCO3)CC1. The van der Waals surface area contributed by atoms with Crippen molar-refractivity contribution in [3.63, 3.8) is 0 Å². The quantitative estimate of drug-likeness (QED) is 0.833. The van der Waals surface area contributed by atoms with E-state index in [-0.39, 0.29) is 24.8 Å². The molecule has 2 aliphatic heterocycles. The molecule has 1 N–H and O–H groups in total. The van der Waals surface area contributed by atoms with E-state index in [0.717, 1.165) is 18.7 Å². The average molecular weight is 333 g/mol. The van der Waals surface area contributed by atoms with Crippen molar-refractivity contribution in [2.75, 3.05) is 53.0 Å². The Balaban J connectivity index is 1.46. The number of ether oxygens (including phenoxy) is 2. The van der Waals surface area contributed by atoms with Gasteiger partial charge < -0.3 is 24.6 Å². The molecule has 24 heavy (non-hydrogen) atoms. The van der Waals surface area contributed by atoms with Gasteiger partial charge in [0.05, 0.1) is 13.0 Å². The minimum Gasteiger partial charge on any atom is -0.486 e. The number of nitrogens with one attached hydrogen (secondary N) is 1. The smallest absolute Gasteiger partial charge is 0.242 e. The highest BCUT2D eigenvalue weighted by atomic mass is 16.6. The fourth-order valence-corrected chi connectivity index (χ4v) is 2.79. The Hall–Kier alpha value is -2.28. The normalized spacial score (nSPS) is 17.5. The fraction of sp³-hybridized carbons (Fsp3) is 0.529. The van der Waals surface area contributed by atoms with E-state index in [4.69, 9.17) is 9.47 Å². The number of hydrogen-bond donors (Lipinski definition) is 1. The zero-order valence-corrected chi connectivity index (χ0v) is 13.9. The van der Waals surface area contributed by atoms with Crippen molar-refractivity contribution >= 4 is 11.8 Å². The summed E-state index contributed by atoms with van der Waals surface area (Å²) in [5.74, 6) is 1.17. The topological polar surface area (TPSA) is 71.1 Å². The van der Waals surface area contributed by atoms with Gasteiger partial charge in [-0.15, -0.1) is 0 Å². The second-order valence-electron chi connectivity index (χ2n) is 6.12. The van der Waals surface area contributed by atoms with E-state index < -0.39 is 0 Å². The molecule has 1 aromatic carbocycles. The Morgan fingerprint density at radius 2 is 1.79 bits per heavy atom. The molecule has 0 atom stereocenters. The number of likely N-dealkylation sites (N-methyl/N-ethyl adjacent to an activating group) is 1. The maximum atomic E-state index is 12.1.